The first-order valence-corrected chi connectivity index (χ1v) is 8.60. The van der Waals surface area contributed by atoms with Crippen molar-refractivity contribution >= 4 is 73.0 Å². The van der Waals surface area contributed by atoms with E-state index >= 15 is 0 Å². The van der Waals surface area contributed by atoms with Crippen molar-refractivity contribution in [3.05, 3.63) is 33.8 Å². The smallest absolute Gasteiger partial charge is 0.257 e. The van der Waals surface area contributed by atoms with Crippen molar-refractivity contribution < 1.29 is 13.2 Å². The van der Waals surface area contributed by atoms with Gasteiger partial charge < -0.3 is 0 Å². The number of benzene rings is 1. The van der Waals surface area contributed by atoms with Crippen LogP contribution in [0.15, 0.2) is 18.2 Å². The van der Waals surface area contributed by atoms with E-state index in [4.69, 9.17) is 34.8 Å². The highest BCUT2D eigenvalue weighted by atomic mass is 127. The van der Waals surface area contributed by atoms with Crippen molar-refractivity contribution in [2.75, 3.05) is 5.75 Å². The summed E-state index contributed by atoms with van der Waals surface area (Å²) in [5.74, 6) is -1.01. The first-order chi connectivity index (χ1) is 8.13. The number of rotatable bonds is 4. The quantitative estimate of drug-likeness (QED) is 0.404. The van der Waals surface area contributed by atoms with Gasteiger partial charge in [-0.1, -0.05) is 41.7 Å². The summed E-state index contributed by atoms with van der Waals surface area (Å²) >= 11 is 18.9. The van der Waals surface area contributed by atoms with E-state index in [9.17, 15) is 13.2 Å². The van der Waals surface area contributed by atoms with Crippen molar-refractivity contribution in [3.63, 3.8) is 0 Å². The van der Waals surface area contributed by atoms with Crippen LogP contribution in [-0.2, 0) is 9.84 Å². The van der Waals surface area contributed by atoms with Gasteiger partial charge in [-0.15, -0.1) is 0 Å². The van der Waals surface area contributed by atoms with E-state index in [0.29, 0.717) is 5.02 Å². The van der Waals surface area contributed by atoms with Gasteiger partial charge in [-0.25, -0.2) is 8.42 Å². The van der Waals surface area contributed by atoms with Crippen molar-refractivity contribution in [2.24, 2.45) is 0 Å². The average Bonchev–Trinajstić information content (AvgIpc) is 2.28. The number of sulfone groups is 1. The molecule has 8 heteroatoms. The summed E-state index contributed by atoms with van der Waals surface area (Å²) in [4.78, 5) is 12.2. The summed E-state index contributed by atoms with van der Waals surface area (Å²) < 4.78 is 21.5. The van der Waals surface area contributed by atoms with E-state index in [1.165, 1.54) is 47.7 Å². The number of hydrogen-bond acceptors (Lipinski definition) is 3. The fourth-order valence-electron chi connectivity index (χ4n) is 1.15. The third kappa shape index (κ3) is 3.12. The van der Waals surface area contributed by atoms with Crippen LogP contribution in [0, 0.1) is 0 Å². The monoisotopic (exact) mass is 440 g/mol. The van der Waals surface area contributed by atoms with Crippen molar-refractivity contribution in [3.8, 4) is 0 Å². The topological polar surface area (TPSA) is 51.2 Å². The van der Waals surface area contributed by atoms with Crippen LogP contribution in [0.1, 0.15) is 17.3 Å². The van der Waals surface area contributed by atoms with Crippen LogP contribution in [0.4, 0.5) is 0 Å². The Morgan fingerprint density at radius 1 is 1.39 bits per heavy atom. The number of hydrogen-bond donors (Lipinski definition) is 0. The summed E-state index contributed by atoms with van der Waals surface area (Å²) in [5.41, 5.74) is 0.0301. The molecular weight excluding hydrogens is 433 g/mol. The van der Waals surface area contributed by atoms with Gasteiger partial charge in [0, 0.05) is 10.6 Å². The maximum absolute atomic E-state index is 12.2. The van der Waals surface area contributed by atoms with Gasteiger partial charge in [0.2, 0.25) is 5.78 Å². The lowest BCUT2D eigenvalue weighted by Gasteiger charge is -2.18. The van der Waals surface area contributed by atoms with E-state index in [2.05, 4.69) is 0 Å². The van der Waals surface area contributed by atoms with E-state index < -0.39 is 17.8 Å². The van der Waals surface area contributed by atoms with Gasteiger partial charge in [-0.2, -0.15) is 0 Å². The molecule has 1 rings (SSSR count). The van der Waals surface area contributed by atoms with Gasteiger partial charge in [-0.05, 0) is 40.8 Å². The molecule has 3 nitrogen and oxygen atoms in total. The number of alkyl halides is 2. The van der Waals surface area contributed by atoms with Crippen LogP contribution < -0.4 is 0 Å². The molecule has 0 saturated heterocycles. The third-order valence-electron chi connectivity index (χ3n) is 2.21. The molecule has 0 aliphatic heterocycles. The second-order valence-electron chi connectivity index (χ2n) is 3.37. The molecule has 18 heavy (non-hydrogen) atoms. The lowest BCUT2D eigenvalue weighted by molar-refractivity contribution is 0.100. The molecule has 0 saturated carbocycles. The molecule has 1 atom stereocenters. The number of carbonyl (C=O) groups is 1. The maximum Gasteiger partial charge on any atom is 0.257 e. The molecule has 0 unspecified atom stereocenters. The fraction of sp³-hybridized carbons (Fsp3) is 0.300. The van der Waals surface area contributed by atoms with E-state index in [0.717, 1.165) is 0 Å². The molecular formula is C10H8Cl3IO3S. The lowest BCUT2D eigenvalue weighted by atomic mass is 10.1. The molecule has 1 aromatic carbocycles. The molecule has 0 amide bonds. The predicted octanol–water partition coefficient (Wildman–Crippen LogP) is 3.94. The first kappa shape index (κ1) is 16.5. The van der Waals surface area contributed by atoms with Gasteiger partial charge in [0.25, 0.3) is 2.21 Å². The number of halogens is 4. The van der Waals surface area contributed by atoms with Crippen LogP contribution in [0.2, 0.25) is 10.0 Å². The Labute approximate surface area is 134 Å². The zero-order valence-corrected chi connectivity index (χ0v) is 14.3. The Balaban J connectivity index is 3.31. The Hall–Kier alpha value is 0.440. The summed E-state index contributed by atoms with van der Waals surface area (Å²) in [7, 11) is -3.76. The average molecular weight is 442 g/mol. The zero-order chi connectivity index (χ0) is 14.1. The van der Waals surface area contributed by atoms with Gasteiger partial charge in [0.05, 0.1) is 10.8 Å². The molecule has 0 heterocycles. The Morgan fingerprint density at radius 3 is 2.39 bits per heavy atom. The molecule has 0 aliphatic carbocycles. The largest absolute Gasteiger partial charge is 0.290 e. The minimum atomic E-state index is -3.76. The molecule has 0 bridgehead atoms. The SMILES string of the molecule is CCS(=O)(=O)[C@@](Cl)(I)C(=O)c1ccc(Cl)cc1Cl. The molecule has 100 valence electrons. The second-order valence-corrected chi connectivity index (χ2v) is 10.4. The van der Waals surface area contributed by atoms with Crippen molar-refractivity contribution in [1.82, 2.24) is 0 Å². The Bertz CT molecular complexity index is 584. The first-order valence-electron chi connectivity index (χ1n) is 4.73. The van der Waals surface area contributed by atoms with Crippen molar-refractivity contribution in [1.29, 1.82) is 0 Å². The van der Waals surface area contributed by atoms with Crippen molar-refractivity contribution in [2.45, 2.75) is 9.14 Å². The Morgan fingerprint density at radius 2 is 1.94 bits per heavy atom. The summed E-state index contributed by atoms with van der Waals surface area (Å²) in [6.45, 7) is 1.42. The highest BCUT2D eigenvalue weighted by molar-refractivity contribution is 14.1. The molecule has 0 radical (unpaired) electrons. The highest BCUT2D eigenvalue weighted by Crippen LogP contribution is 2.37. The summed E-state index contributed by atoms with van der Waals surface area (Å²) in [6.07, 6.45) is 0. The number of Topliss-reactive ketones (excluding diaryl/α,β-unsaturated/α-hetero) is 1. The minimum absolute atomic E-state index is 0.0301. The van der Waals surface area contributed by atoms with Crippen LogP contribution in [-0.4, -0.2) is 22.2 Å². The van der Waals surface area contributed by atoms with Gasteiger partial charge in [-0.3, -0.25) is 4.79 Å². The molecule has 0 fully saturated rings. The number of carbonyl (C=O) groups excluding carboxylic acids is 1. The molecule has 0 spiro atoms. The highest BCUT2D eigenvalue weighted by Gasteiger charge is 2.46. The molecule has 1 aromatic rings. The second kappa shape index (κ2) is 5.83. The van der Waals surface area contributed by atoms with Crippen LogP contribution in [0.3, 0.4) is 0 Å². The molecule has 0 aromatic heterocycles. The predicted molar refractivity (Wildman–Crippen MR) is 82.9 cm³/mol. The van der Waals surface area contributed by atoms with E-state index in [1.807, 2.05) is 0 Å². The fourth-order valence-corrected chi connectivity index (χ4v) is 4.06. The van der Waals surface area contributed by atoms with E-state index in [-0.39, 0.29) is 16.3 Å². The van der Waals surface area contributed by atoms with Gasteiger partial charge in [0.1, 0.15) is 0 Å². The van der Waals surface area contributed by atoms with E-state index in [1.54, 1.807) is 0 Å². The van der Waals surface area contributed by atoms with Crippen LogP contribution in [0.25, 0.3) is 0 Å². The third-order valence-corrected chi connectivity index (χ3v) is 7.87. The summed E-state index contributed by atoms with van der Waals surface area (Å²) in [5, 5.41) is 0.420. The molecule has 0 aliphatic rings. The van der Waals surface area contributed by atoms with Gasteiger partial charge in [0.15, 0.2) is 9.84 Å². The summed E-state index contributed by atoms with van der Waals surface area (Å²) in [6, 6.07) is 4.16. The Kier molecular flexibility index (Phi) is 5.34. The van der Waals surface area contributed by atoms with Crippen LogP contribution in [0.5, 0.6) is 0 Å². The maximum atomic E-state index is 12.2. The van der Waals surface area contributed by atoms with Crippen LogP contribution >= 0.6 is 57.4 Å². The number of ketones is 1. The lowest BCUT2D eigenvalue weighted by Crippen LogP contribution is -2.36. The van der Waals surface area contributed by atoms with Gasteiger partial charge >= 0.3 is 0 Å². The minimum Gasteiger partial charge on any atom is -0.290 e. The normalized spacial score (nSPS) is 15.2. The zero-order valence-electron chi connectivity index (χ0n) is 9.08. The standard InChI is InChI=1S/C10H8Cl3IO3S/c1-2-18(16,17)10(13,14)9(15)7-4-3-6(11)5-8(7)12/h3-5H,2H2,1H3/t10-/m0/s1. The molecule has 0 N–H and O–H groups in total.